The van der Waals surface area contributed by atoms with Gasteiger partial charge in [0.25, 0.3) is 0 Å². The monoisotopic (exact) mass is 209 g/mol. The third-order valence-electron chi connectivity index (χ3n) is 2.80. The van der Waals surface area contributed by atoms with Crippen molar-refractivity contribution in [3.63, 3.8) is 0 Å². The van der Waals surface area contributed by atoms with Gasteiger partial charge in [-0.1, -0.05) is 0 Å². The minimum atomic E-state index is -0.135. The van der Waals surface area contributed by atoms with Crippen LogP contribution < -0.4 is 10.5 Å². The molecule has 1 aliphatic rings. The van der Waals surface area contributed by atoms with Gasteiger partial charge in [-0.3, -0.25) is 0 Å². The van der Waals surface area contributed by atoms with Crippen molar-refractivity contribution >= 4 is 0 Å². The van der Waals surface area contributed by atoms with Crippen molar-refractivity contribution < 1.29 is 9.13 Å². The maximum atomic E-state index is 13.6. The summed E-state index contributed by atoms with van der Waals surface area (Å²) in [5, 5.41) is 0. The van der Waals surface area contributed by atoms with Gasteiger partial charge in [0.05, 0.1) is 0 Å². The van der Waals surface area contributed by atoms with Crippen molar-refractivity contribution in [2.24, 2.45) is 5.73 Å². The standard InChI is InChI=1S/C12H16FNO/c1-8(7-14)15-10-5-9-3-2-4-11(9)12(13)6-10/h5-6,8H,2-4,7,14H2,1H3. The molecule has 1 aromatic rings. The van der Waals surface area contributed by atoms with E-state index in [1.54, 1.807) is 0 Å². The fraction of sp³-hybridized carbons (Fsp3) is 0.500. The number of hydrogen-bond donors (Lipinski definition) is 1. The summed E-state index contributed by atoms with van der Waals surface area (Å²) in [5.41, 5.74) is 7.41. The van der Waals surface area contributed by atoms with E-state index in [-0.39, 0.29) is 11.9 Å². The van der Waals surface area contributed by atoms with Crippen molar-refractivity contribution in [1.29, 1.82) is 0 Å². The quantitative estimate of drug-likeness (QED) is 0.826. The molecule has 0 saturated heterocycles. The van der Waals surface area contributed by atoms with Crippen LogP contribution in [0, 0.1) is 5.82 Å². The summed E-state index contributed by atoms with van der Waals surface area (Å²) in [5.74, 6) is 0.468. The van der Waals surface area contributed by atoms with Gasteiger partial charge >= 0.3 is 0 Å². The van der Waals surface area contributed by atoms with Gasteiger partial charge in [0, 0.05) is 12.6 Å². The van der Waals surface area contributed by atoms with E-state index in [9.17, 15) is 4.39 Å². The van der Waals surface area contributed by atoms with E-state index in [1.807, 2.05) is 13.0 Å². The van der Waals surface area contributed by atoms with Crippen LogP contribution in [-0.4, -0.2) is 12.6 Å². The van der Waals surface area contributed by atoms with Gasteiger partial charge in [-0.2, -0.15) is 0 Å². The molecule has 1 aromatic carbocycles. The zero-order chi connectivity index (χ0) is 10.8. The fourth-order valence-electron chi connectivity index (χ4n) is 1.97. The Bertz CT molecular complexity index is 365. The van der Waals surface area contributed by atoms with Gasteiger partial charge in [-0.25, -0.2) is 4.39 Å². The van der Waals surface area contributed by atoms with Gasteiger partial charge in [-0.15, -0.1) is 0 Å². The Hall–Kier alpha value is -1.09. The topological polar surface area (TPSA) is 35.2 Å². The summed E-state index contributed by atoms with van der Waals surface area (Å²) in [7, 11) is 0. The minimum absolute atomic E-state index is 0.0659. The molecule has 0 fully saturated rings. The number of halogens is 1. The molecule has 1 aliphatic carbocycles. The Morgan fingerprint density at radius 2 is 2.27 bits per heavy atom. The molecule has 0 heterocycles. The number of benzene rings is 1. The molecule has 0 amide bonds. The van der Waals surface area contributed by atoms with E-state index in [4.69, 9.17) is 10.5 Å². The summed E-state index contributed by atoms with van der Waals surface area (Å²) < 4.78 is 19.1. The highest BCUT2D eigenvalue weighted by molar-refractivity contribution is 5.39. The van der Waals surface area contributed by atoms with Crippen molar-refractivity contribution in [2.45, 2.75) is 32.3 Å². The first-order chi connectivity index (χ1) is 7.20. The molecule has 3 heteroatoms. The van der Waals surface area contributed by atoms with E-state index in [1.165, 1.54) is 6.07 Å². The molecule has 0 radical (unpaired) electrons. The van der Waals surface area contributed by atoms with E-state index in [2.05, 4.69) is 0 Å². The molecule has 2 N–H and O–H groups in total. The van der Waals surface area contributed by atoms with Gasteiger partial charge in [0.15, 0.2) is 0 Å². The number of nitrogens with two attached hydrogens (primary N) is 1. The van der Waals surface area contributed by atoms with Gasteiger partial charge in [0.2, 0.25) is 0 Å². The lowest BCUT2D eigenvalue weighted by atomic mass is 10.1. The predicted octanol–water partition coefficient (Wildman–Crippen LogP) is 2.04. The van der Waals surface area contributed by atoms with Gasteiger partial charge in [-0.05, 0) is 43.4 Å². The molecule has 2 nitrogen and oxygen atoms in total. The maximum Gasteiger partial charge on any atom is 0.130 e. The number of aryl methyl sites for hydroxylation is 1. The summed E-state index contributed by atoms with van der Waals surface area (Å²) >= 11 is 0. The second kappa shape index (κ2) is 4.19. The summed E-state index contributed by atoms with van der Waals surface area (Å²) in [6, 6.07) is 3.41. The summed E-state index contributed by atoms with van der Waals surface area (Å²) in [6.45, 7) is 2.32. The first-order valence-electron chi connectivity index (χ1n) is 5.38. The normalized spacial score (nSPS) is 16.2. The Balaban J connectivity index is 2.23. The van der Waals surface area contributed by atoms with E-state index in [0.717, 1.165) is 30.4 Å². The lowest BCUT2D eigenvalue weighted by Gasteiger charge is -2.13. The third-order valence-corrected chi connectivity index (χ3v) is 2.80. The van der Waals surface area contributed by atoms with Crippen molar-refractivity contribution in [3.8, 4) is 5.75 Å². The summed E-state index contributed by atoms with van der Waals surface area (Å²) in [4.78, 5) is 0. The molecular weight excluding hydrogens is 193 g/mol. The lowest BCUT2D eigenvalue weighted by Crippen LogP contribution is -2.22. The Labute approximate surface area is 89.2 Å². The van der Waals surface area contributed by atoms with Crippen LogP contribution in [0.15, 0.2) is 12.1 Å². The second-order valence-corrected chi connectivity index (χ2v) is 4.06. The SMILES string of the molecule is CC(CN)Oc1cc(F)c2c(c1)CCC2. The average Bonchev–Trinajstić information content (AvgIpc) is 2.66. The Kier molecular flexibility index (Phi) is 2.91. The highest BCUT2D eigenvalue weighted by Crippen LogP contribution is 2.29. The van der Waals surface area contributed by atoms with Crippen LogP contribution in [0.2, 0.25) is 0 Å². The molecule has 0 spiro atoms. The van der Waals surface area contributed by atoms with E-state index < -0.39 is 0 Å². The molecular formula is C12H16FNO. The predicted molar refractivity (Wildman–Crippen MR) is 57.6 cm³/mol. The number of ether oxygens (including phenoxy) is 1. The van der Waals surface area contributed by atoms with Crippen LogP contribution in [-0.2, 0) is 12.8 Å². The molecule has 0 aliphatic heterocycles. The van der Waals surface area contributed by atoms with E-state index in [0.29, 0.717) is 12.3 Å². The van der Waals surface area contributed by atoms with Crippen molar-refractivity contribution in [3.05, 3.63) is 29.1 Å². The van der Waals surface area contributed by atoms with Crippen molar-refractivity contribution in [1.82, 2.24) is 0 Å². The maximum absolute atomic E-state index is 13.6. The number of hydrogen-bond acceptors (Lipinski definition) is 2. The zero-order valence-electron chi connectivity index (χ0n) is 8.92. The first-order valence-corrected chi connectivity index (χ1v) is 5.38. The minimum Gasteiger partial charge on any atom is -0.489 e. The molecule has 1 unspecified atom stereocenters. The van der Waals surface area contributed by atoms with Crippen LogP contribution in [0.25, 0.3) is 0 Å². The second-order valence-electron chi connectivity index (χ2n) is 4.06. The lowest BCUT2D eigenvalue weighted by molar-refractivity contribution is 0.229. The molecule has 15 heavy (non-hydrogen) atoms. The summed E-state index contributed by atoms with van der Waals surface area (Å²) in [6.07, 6.45) is 2.79. The number of fused-ring (bicyclic) bond motifs is 1. The van der Waals surface area contributed by atoms with Crippen LogP contribution in [0.4, 0.5) is 4.39 Å². The highest BCUT2D eigenvalue weighted by Gasteiger charge is 2.17. The smallest absolute Gasteiger partial charge is 0.130 e. The average molecular weight is 209 g/mol. The van der Waals surface area contributed by atoms with Gasteiger partial charge < -0.3 is 10.5 Å². The molecule has 0 bridgehead atoms. The Morgan fingerprint density at radius 1 is 1.47 bits per heavy atom. The molecule has 1 atom stereocenters. The van der Waals surface area contributed by atoms with Crippen molar-refractivity contribution in [2.75, 3.05) is 6.54 Å². The van der Waals surface area contributed by atoms with Crippen LogP contribution >= 0.6 is 0 Å². The van der Waals surface area contributed by atoms with Gasteiger partial charge in [0.1, 0.15) is 17.7 Å². The molecule has 2 rings (SSSR count). The zero-order valence-corrected chi connectivity index (χ0v) is 8.92. The van der Waals surface area contributed by atoms with Crippen LogP contribution in [0.5, 0.6) is 5.75 Å². The Morgan fingerprint density at radius 3 is 3.00 bits per heavy atom. The largest absolute Gasteiger partial charge is 0.489 e. The first kappa shape index (κ1) is 10.4. The molecule has 0 aromatic heterocycles. The van der Waals surface area contributed by atoms with Crippen LogP contribution in [0.3, 0.4) is 0 Å². The number of rotatable bonds is 3. The molecule has 82 valence electrons. The van der Waals surface area contributed by atoms with Crippen LogP contribution in [0.1, 0.15) is 24.5 Å². The fourth-order valence-corrected chi connectivity index (χ4v) is 1.97. The third kappa shape index (κ3) is 2.12. The highest BCUT2D eigenvalue weighted by atomic mass is 19.1. The molecule has 0 saturated carbocycles. The van der Waals surface area contributed by atoms with E-state index >= 15 is 0 Å².